The molecule has 0 spiro atoms. The first-order valence-corrected chi connectivity index (χ1v) is 13.6. The van der Waals surface area contributed by atoms with Gasteiger partial charge in [0, 0.05) is 30.9 Å². The smallest absolute Gasteiger partial charge is 0.435 e. The Balaban J connectivity index is 1.40. The number of aromatic nitrogens is 7. The third kappa shape index (κ3) is 5.94. The SMILES string of the molecule is CCOC(=O)OC(C)n1nnc(-c2c(-c3ccc(C(=O)N(c4ncccc4C)C4CCCNC4)cc3)cnn2C)n1. The molecule has 1 aliphatic rings. The molecule has 1 aromatic carbocycles. The molecule has 0 radical (unpaired) electrons. The molecule has 4 heterocycles. The van der Waals surface area contributed by atoms with E-state index in [2.05, 4.69) is 30.8 Å². The van der Waals surface area contributed by atoms with Gasteiger partial charge in [-0.05, 0) is 74.7 Å². The van der Waals surface area contributed by atoms with Crippen molar-refractivity contribution in [2.75, 3.05) is 24.6 Å². The fraction of sp³-hybridized carbons (Fsp3) is 0.393. The van der Waals surface area contributed by atoms with Crippen LogP contribution in [0.3, 0.4) is 0 Å². The number of pyridine rings is 1. The molecule has 4 aromatic rings. The monoisotopic (exact) mass is 559 g/mol. The summed E-state index contributed by atoms with van der Waals surface area (Å²) in [5, 5.41) is 20.4. The number of piperidine rings is 1. The van der Waals surface area contributed by atoms with Crippen molar-refractivity contribution in [1.29, 1.82) is 0 Å². The fourth-order valence-corrected chi connectivity index (χ4v) is 4.88. The number of nitrogens with one attached hydrogen (secondary N) is 1. The van der Waals surface area contributed by atoms with Gasteiger partial charge >= 0.3 is 6.16 Å². The van der Waals surface area contributed by atoms with Crippen molar-refractivity contribution in [1.82, 2.24) is 40.3 Å². The van der Waals surface area contributed by atoms with Crippen LogP contribution in [0.15, 0.2) is 48.8 Å². The predicted molar refractivity (Wildman–Crippen MR) is 150 cm³/mol. The molecule has 41 heavy (non-hydrogen) atoms. The normalized spacial score (nSPS) is 15.8. The Morgan fingerprint density at radius 2 is 2.02 bits per heavy atom. The summed E-state index contributed by atoms with van der Waals surface area (Å²) >= 11 is 0. The summed E-state index contributed by atoms with van der Waals surface area (Å²) < 4.78 is 11.6. The predicted octanol–water partition coefficient (Wildman–Crippen LogP) is 3.53. The third-order valence-electron chi connectivity index (χ3n) is 6.94. The lowest BCUT2D eigenvalue weighted by Crippen LogP contribution is -2.49. The molecule has 0 aliphatic carbocycles. The second kappa shape index (κ2) is 12.3. The van der Waals surface area contributed by atoms with E-state index in [9.17, 15) is 9.59 Å². The zero-order valence-corrected chi connectivity index (χ0v) is 23.5. The highest BCUT2D eigenvalue weighted by molar-refractivity contribution is 6.06. The zero-order chi connectivity index (χ0) is 28.9. The van der Waals surface area contributed by atoms with Gasteiger partial charge in [-0.2, -0.15) is 5.10 Å². The lowest BCUT2D eigenvalue weighted by molar-refractivity contribution is -0.00514. The summed E-state index contributed by atoms with van der Waals surface area (Å²) in [6, 6.07) is 11.3. The number of anilines is 1. The average molecular weight is 560 g/mol. The van der Waals surface area contributed by atoms with Crippen LogP contribution in [0.4, 0.5) is 10.6 Å². The first-order chi connectivity index (χ1) is 19.9. The summed E-state index contributed by atoms with van der Waals surface area (Å²) in [5.74, 6) is 0.889. The van der Waals surface area contributed by atoms with Crippen LogP contribution in [0, 0.1) is 6.92 Å². The second-order valence-electron chi connectivity index (χ2n) is 9.76. The van der Waals surface area contributed by atoms with Crippen molar-refractivity contribution < 1.29 is 19.1 Å². The number of carbonyl (C=O) groups is 2. The lowest BCUT2D eigenvalue weighted by Gasteiger charge is -2.34. The van der Waals surface area contributed by atoms with E-state index in [1.807, 2.05) is 48.2 Å². The number of amides is 1. The van der Waals surface area contributed by atoms with Crippen LogP contribution in [0.5, 0.6) is 0 Å². The Bertz CT molecular complexity index is 1510. The first-order valence-electron chi connectivity index (χ1n) is 13.6. The van der Waals surface area contributed by atoms with Gasteiger partial charge in [-0.1, -0.05) is 18.2 Å². The van der Waals surface area contributed by atoms with Gasteiger partial charge in [0.2, 0.25) is 12.1 Å². The van der Waals surface area contributed by atoms with Gasteiger partial charge in [0.1, 0.15) is 11.5 Å². The minimum Gasteiger partial charge on any atom is -0.435 e. The Labute approximate surface area is 237 Å². The van der Waals surface area contributed by atoms with Crippen molar-refractivity contribution in [2.24, 2.45) is 7.05 Å². The highest BCUT2D eigenvalue weighted by Crippen LogP contribution is 2.31. The van der Waals surface area contributed by atoms with Gasteiger partial charge in [-0.15, -0.1) is 15.0 Å². The fourth-order valence-electron chi connectivity index (χ4n) is 4.88. The third-order valence-corrected chi connectivity index (χ3v) is 6.94. The number of hydrogen-bond donors (Lipinski definition) is 1. The number of aryl methyl sites for hydroxylation is 2. The summed E-state index contributed by atoms with van der Waals surface area (Å²) in [5.41, 5.74) is 3.72. The van der Waals surface area contributed by atoms with Crippen LogP contribution in [0.1, 0.15) is 48.8 Å². The number of nitrogens with zero attached hydrogens (tertiary/aromatic N) is 8. The Hall–Kier alpha value is -4.65. The van der Waals surface area contributed by atoms with Gasteiger partial charge in [0.25, 0.3) is 5.91 Å². The lowest BCUT2D eigenvalue weighted by atomic mass is 10.0. The quantitative estimate of drug-likeness (QED) is 0.319. The molecule has 2 atom stereocenters. The number of benzene rings is 1. The number of rotatable bonds is 8. The largest absolute Gasteiger partial charge is 0.510 e. The van der Waals surface area contributed by atoms with Crippen LogP contribution < -0.4 is 10.2 Å². The van der Waals surface area contributed by atoms with Gasteiger partial charge in [0.05, 0.1) is 18.8 Å². The average Bonchev–Trinajstić information content (AvgIpc) is 3.62. The van der Waals surface area contributed by atoms with Crippen molar-refractivity contribution in [3.8, 4) is 22.6 Å². The van der Waals surface area contributed by atoms with Crippen LogP contribution in [-0.2, 0) is 16.5 Å². The molecule has 1 aliphatic heterocycles. The van der Waals surface area contributed by atoms with Gasteiger partial charge in [-0.3, -0.25) is 14.4 Å². The molecule has 214 valence electrons. The first kappa shape index (κ1) is 27.9. The standard InChI is InChI=1S/C28H33N9O4/c1-5-40-28(39)41-19(3)37-33-25(32-34-37)24-23(17-31-35(24)4)20-10-12-21(13-11-20)27(38)36(22-9-7-14-29-16-22)26-18(2)8-6-15-30-26/h6,8,10-13,15,17,19,22,29H,5,7,9,14,16H2,1-4H3. The van der Waals surface area contributed by atoms with Crippen LogP contribution in [-0.4, -0.2) is 72.8 Å². The number of carbonyl (C=O) groups excluding carboxylic acids is 2. The van der Waals surface area contributed by atoms with Crippen molar-refractivity contribution in [3.63, 3.8) is 0 Å². The molecule has 1 N–H and O–H groups in total. The van der Waals surface area contributed by atoms with Gasteiger partial charge < -0.3 is 14.8 Å². The number of ether oxygens (including phenoxy) is 2. The molecule has 1 saturated heterocycles. The maximum absolute atomic E-state index is 13.9. The summed E-state index contributed by atoms with van der Waals surface area (Å²) in [6.07, 6.45) is 3.70. The molecule has 13 heteroatoms. The Morgan fingerprint density at radius 3 is 2.73 bits per heavy atom. The molecule has 5 rings (SSSR count). The molecule has 0 bridgehead atoms. The van der Waals surface area contributed by atoms with E-state index in [1.54, 1.807) is 38.0 Å². The molecule has 1 fully saturated rings. The number of hydrogen-bond acceptors (Lipinski definition) is 10. The van der Waals surface area contributed by atoms with Crippen molar-refractivity contribution in [3.05, 3.63) is 59.9 Å². The molecule has 3 aromatic heterocycles. The van der Waals surface area contributed by atoms with E-state index in [0.717, 1.165) is 42.6 Å². The highest BCUT2D eigenvalue weighted by Gasteiger charge is 2.30. The van der Waals surface area contributed by atoms with E-state index in [0.29, 0.717) is 22.9 Å². The maximum Gasteiger partial charge on any atom is 0.510 e. The Kier molecular flexibility index (Phi) is 8.34. The highest BCUT2D eigenvalue weighted by atomic mass is 16.7. The molecule has 2 unspecified atom stereocenters. The van der Waals surface area contributed by atoms with E-state index in [1.165, 1.54) is 4.80 Å². The van der Waals surface area contributed by atoms with Gasteiger partial charge in [0.15, 0.2) is 0 Å². The zero-order valence-electron chi connectivity index (χ0n) is 23.5. The molecule has 0 saturated carbocycles. The molecular formula is C28H33N9O4. The summed E-state index contributed by atoms with van der Waals surface area (Å²) in [7, 11) is 1.78. The second-order valence-corrected chi connectivity index (χ2v) is 9.76. The maximum atomic E-state index is 13.9. The van der Waals surface area contributed by atoms with Gasteiger partial charge in [-0.25, -0.2) is 9.78 Å². The van der Waals surface area contributed by atoms with Crippen molar-refractivity contribution in [2.45, 2.75) is 45.9 Å². The molecule has 1 amide bonds. The van der Waals surface area contributed by atoms with Crippen LogP contribution in [0.2, 0.25) is 0 Å². The van der Waals surface area contributed by atoms with E-state index < -0.39 is 12.4 Å². The van der Waals surface area contributed by atoms with E-state index in [-0.39, 0.29) is 18.6 Å². The topological polar surface area (TPSA) is 142 Å². The summed E-state index contributed by atoms with van der Waals surface area (Å²) in [6.45, 7) is 7.14. The molecular weight excluding hydrogens is 526 g/mol. The molecule has 13 nitrogen and oxygen atoms in total. The number of tetrazole rings is 1. The Morgan fingerprint density at radius 1 is 1.22 bits per heavy atom. The minimum absolute atomic E-state index is 0.0124. The summed E-state index contributed by atoms with van der Waals surface area (Å²) in [4.78, 5) is 33.1. The van der Waals surface area contributed by atoms with E-state index >= 15 is 0 Å². The minimum atomic E-state index is -0.817. The van der Waals surface area contributed by atoms with Crippen molar-refractivity contribution >= 4 is 17.9 Å². The van der Waals surface area contributed by atoms with Crippen LogP contribution >= 0.6 is 0 Å². The van der Waals surface area contributed by atoms with E-state index in [4.69, 9.17) is 9.47 Å². The van der Waals surface area contributed by atoms with Crippen LogP contribution in [0.25, 0.3) is 22.6 Å².